The molecule has 3 N–H and O–H groups in total. The fourth-order valence-corrected chi connectivity index (χ4v) is 2.72. The van der Waals surface area contributed by atoms with Crippen LogP contribution in [0.2, 0.25) is 0 Å². The summed E-state index contributed by atoms with van der Waals surface area (Å²) in [6.45, 7) is 1.84. The van der Waals surface area contributed by atoms with Gasteiger partial charge in [-0.25, -0.2) is 9.78 Å². The smallest absolute Gasteiger partial charge is 0.336 e. The lowest BCUT2D eigenvalue weighted by Gasteiger charge is -2.10. The zero-order valence-corrected chi connectivity index (χ0v) is 15.6. The summed E-state index contributed by atoms with van der Waals surface area (Å²) in [5.74, 6) is 1.09. The van der Waals surface area contributed by atoms with E-state index in [2.05, 4.69) is 31.1 Å². The predicted molar refractivity (Wildman–Crippen MR) is 115 cm³/mol. The van der Waals surface area contributed by atoms with Crippen LogP contribution in [-0.2, 0) is 0 Å². The number of fused-ring (bicyclic) bond motifs is 1. The Morgan fingerprint density at radius 3 is 2.72 bits per heavy atom. The van der Waals surface area contributed by atoms with Crippen molar-refractivity contribution in [2.75, 3.05) is 16.1 Å². The van der Waals surface area contributed by atoms with Crippen molar-refractivity contribution in [3.8, 4) is 0 Å². The molecule has 0 atom stereocenters. The second-order valence-electron chi connectivity index (χ2n) is 6.10. The van der Waals surface area contributed by atoms with Crippen molar-refractivity contribution in [1.82, 2.24) is 9.97 Å². The average molecular weight is 386 g/mol. The molecule has 0 aliphatic carbocycles. The van der Waals surface area contributed by atoms with Gasteiger partial charge >= 0.3 is 5.63 Å². The molecule has 0 bridgehead atoms. The third-order valence-corrected chi connectivity index (χ3v) is 3.99. The van der Waals surface area contributed by atoms with E-state index in [-0.39, 0.29) is 5.63 Å². The minimum atomic E-state index is -0.374. The SMILES string of the molecule is C/C=N\Nc1cccc(Nc2ccnc(Nc3ccc4oc(=O)ccc4c3)n2)c1. The molecule has 2 aromatic carbocycles. The van der Waals surface area contributed by atoms with Gasteiger partial charge in [-0.2, -0.15) is 10.1 Å². The maximum Gasteiger partial charge on any atom is 0.336 e. The molecule has 0 amide bonds. The minimum Gasteiger partial charge on any atom is -0.423 e. The van der Waals surface area contributed by atoms with Gasteiger partial charge in [-0.3, -0.25) is 5.43 Å². The third-order valence-electron chi connectivity index (χ3n) is 3.99. The van der Waals surface area contributed by atoms with Crippen LogP contribution in [0.1, 0.15) is 6.92 Å². The summed E-state index contributed by atoms with van der Waals surface area (Å²) in [7, 11) is 0. The highest BCUT2D eigenvalue weighted by molar-refractivity contribution is 5.81. The lowest BCUT2D eigenvalue weighted by Crippen LogP contribution is -2.01. The normalized spacial score (nSPS) is 10.9. The number of nitrogens with zero attached hydrogens (tertiary/aromatic N) is 3. The summed E-state index contributed by atoms with van der Waals surface area (Å²) in [4.78, 5) is 20.1. The van der Waals surface area contributed by atoms with Gasteiger partial charge in [0.05, 0.1) is 5.69 Å². The van der Waals surface area contributed by atoms with Gasteiger partial charge in [-0.1, -0.05) is 6.07 Å². The number of hydrazone groups is 1. The summed E-state index contributed by atoms with van der Waals surface area (Å²) < 4.78 is 5.15. The van der Waals surface area contributed by atoms with E-state index in [0.29, 0.717) is 17.3 Å². The predicted octanol–water partition coefficient (Wildman–Crippen LogP) is 4.49. The Bertz CT molecular complexity index is 1240. The van der Waals surface area contributed by atoms with Crippen LogP contribution in [0.3, 0.4) is 0 Å². The molecule has 144 valence electrons. The monoisotopic (exact) mass is 386 g/mol. The summed E-state index contributed by atoms with van der Waals surface area (Å²) in [6, 6.07) is 18.0. The van der Waals surface area contributed by atoms with E-state index < -0.39 is 0 Å². The first-order valence-electron chi connectivity index (χ1n) is 8.94. The van der Waals surface area contributed by atoms with Gasteiger partial charge in [0.25, 0.3) is 0 Å². The van der Waals surface area contributed by atoms with Crippen LogP contribution in [0.15, 0.2) is 81.2 Å². The fourth-order valence-electron chi connectivity index (χ4n) is 2.72. The van der Waals surface area contributed by atoms with E-state index in [0.717, 1.165) is 22.4 Å². The highest BCUT2D eigenvalue weighted by Gasteiger charge is 2.04. The minimum absolute atomic E-state index is 0.374. The molecule has 8 heteroatoms. The van der Waals surface area contributed by atoms with Gasteiger partial charge in [-0.05, 0) is 55.5 Å². The highest BCUT2D eigenvalue weighted by atomic mass is 16.4. The van der Waals surface area contributed by atoms with Crippen LogP contribution < -0.4 is 21.7 Å². The van der Waals surface area contributed by atoms with Crippen molar-refractivity contribution < 1.29 is 4.42 Å². The van der Waals surface area contributed by atoms with Crippen LogP contribution in [-0.4, -0.2) is 16.2 Å². The number of anilines is 5. The summed E-state index contributed by atoms with van der Waals surface area (Å²) in [6.07, 6.45) is 3.35. The van der Waals surface area contributed by atoms with Crippen molar-refractivity contribution in [3.63, 3.8) is 0 Å². The van der Waals surface area contributed by atoms with Gasteiger partial charge in [0.1, 0.15) is 11.4 Å². The van der Waals surface area contributed by atoms with Crippen molar-refractivity contribution in [2.24, 2.45) is 5.10 Å². The Balaban J connectivity index is 1.52. The molecule has 0 saturated carbocycles. The van der Waals surface area contributed by atoms with E-state index in [1.54, 1.807) is 36.7 Å². The van der Waals surface area contributed by atoms with E-state index in [4.69, 9.17) is 4.42 Å². The summed E-state index contributed by atoms with van der Waals surface area (Å²) in [5.41, 5.74) is 5.61. The molecule has 4 rings (SSSR count). The Labute approximate surface area is 166 Å². The zero-order chi connectivity index (χ0) is 20.1. The number of hydrogen-bond acceptors (Lipinski definition) is 8. The maximum atomic E-state index is 11.3. The van der Waals surface area contributed by atoms with E-state index in [1.165, 1.54) is 6.07 Å². The average Bonchev–Trinajstić information content (AvgIpc) is 2.73. The molecule has 0 aliphatic rings. The molecule has 0 fully saturated rings. The highest BCUT2D eigenvalue weighted by Crippen LogP contribution is 2.22. The molecule has 2 aromatic heterocycles. The molecule has 0 saturated heterocycles. The van der Waals surface area contributed by atoms with Gasteiger partial charge in [0.2, 0.25) is 5.95 Å². The van der Waals surface area contributed by atoms with Crippen LogP contribution in [0, 0.1) is 0 Å². The number of hydrogen-bond donors (Lipinski definition) is 3. The van der Waals surface area contributed by atoms with Gasteiger partial charge in [0.15, 0.2) is 0 Å². The molecule has 8 nitrogen and oxygen atoms in total. The number of aromatic nitrogens is 2. The molecule has 0 unspecified atom stereocenters. The topological polar surface area (TPSA) is 104 Å². The van der Waals surface area contributed by atoms with Crippen LogP contribution >= 0.6 is 0 Å². The van der Waals surface area contributed by atoms with Gasteiger partial charge in [-0.15, -0.1) is 0 Å². The maximum absolute atomic E-state index is 11.3. The fraction of sp³-hybridized carbons (Fsp3) is 0.0476. The van der Waals surface area contributed by atoms with Crippen LogP contribution in [0.4, 0.5) is 28.8 Å². The molecule has 4 aromatic rings. The first kappa shape index (κ1) is 18.2. The first-order valence-corrected chi connectivity index (χ1v) is 8.94. The molecule has 0 spiro atoms. The zero-order valence-electron chi connectivity index (χ0n) is 15.6. The van der Waals surface area contributed by atoms with Crippen molar-refractivity contribution in [3.05, 3.63) is 77.3 Å². The van der Waals surface area contributed by atoms with E-state index in [9.17, 15) is 4.79 Å². The molecule has 0 radical (unpaired) electrons. The molecule has 29 heavy (non-hydrogen) atoms. The van der Waals surface area contributed by atoms with Crippen molar-refractivity contribution in [1.29, 1.82) is 0 Å². The number of nitrogens with one attached hydrogen (secondary N) is 3. The van der Waals surface area contributed by atoms with E-state index >= 15 is 0 Å². The largest absolute Gasteiger partial charge is 0.423 e. The second-order valence-corrected chi connectivity index (χ2v) is 6.10. The summed E-state index contributed by atoms with van der Waals surface area (Å²) in [5, 5.41) is 11.2. The van der Waals surface area contributed by atoms with Crippen molar-refractivity contribution in [2.45, 2.75) is 6.92 Å². The quantitative estimate of drug-likeness (QED) is 0.255. The summed E-state index contributed by atoms with van der Waals surface area (Å²) >= 11 is 0. The number of rotatable bonds is 6. The Morgan fingerprint density at radius 2 is 1.83 bits per heavy atom. The Morgan fingerprint density at radius 1 is 0.966 bits per heavy atom. The van der Waals surface area contributed by atoms with Crippen LogP contribution in [0.25, 0.3) is 11.0 Å². The molecule has 2 heterocycles. The molecular formula is C21H18N6O2. The molecule has 0 aliphatic heterocycles. The Kier molecular flexibility index (Phi) is 5.15. The number of benzene rings is 2. The van der Waals surface area contributed by atoms with E-state index in [1.807, 2.05) is 37.3 Å². The third kappa shape index (κ3) is 4.56. The lowest BCUT2D eigenvalue weighted by atomic mass is 10.2. The standard InChI is InChI=1S/C21H18N6O2/c1-2-23-27-17-5-3-4-15(13-17)24-19-10-11-22-21(26-19)25-16-7-8-18-14(12-16)6-9-20(28)29-18/h2-13,27H,1H3,(H2,22,24,25,26)/b23-2-. The lowest BCUT2D eigenvalue weighted by molar-refractivity contribution is 0.561. The van der Waals surface area contributed by atoms with Crippen LogP contribution in [0.5, 0.6) is 0 Å². The second kappa shape index (κ2) is 8.22. The molecular weight excluding hydrogens is 368 g/mol. The van der Waals surface area contributed by atoms with Gasteiger partial charge < -0.3 is 15.1 Å². The Hall–Kier alpha value is -4.20. The van der Waals surface area contributed by atoms with Gasteiger partial charge in [0, 0.05) is 35.2 Å². The first-order chi connectivity index (χ1) is 14.2. The van der Waals surface area contributed by atoms with Crippen molar-refractivity contribution >= 4 is 46.0 Å².